The van der Waals surface area contributed by atoms with Crippen LogP contribution in [-0.4, -0.2) is 44.6 Å². The molecular weight excluding hydrogens is 362 g/mol. The lowest BCUT2D eigenvalue weighted by Crippen LogP contribution is -2.36. The predicted molar refractivity (Wildman–Crippen MR) is 98.7 cm³/mol. The van der Waals surface area contributed by atoms with E-state index in [9.17, 15) is 9.59 Å². The minimum Gasteiger partial charge on any atom is -0.468 e. The molecule has 142 valence electrons. The molecule has 0 saturated carbocycles. The van der Waals surface area contributed by atoms with Crippen molar-refractivity contribution in [3.8, 4) is 0 Å². The van der Waals surface area contributed by atoms with E-state index in [-0.39, 0.29) is 5.91 Å². The molecular formula is C19H17N5O4. The van der Waals surface area contributed by atoms with Gasteiger partial charge in [-0.2, -0.15) is 0 Å². The van der Waals surface area contributed by atoms with Gasteiger partial charge in [-0.05, 0) is 35.8 Å². The van der Waals surface area contributed by atoms with E-state index >= 15 is 0 Å². The molecule has 3 heterocycles. The first-order chi connectivity index (χ1) is 13.5. The zero-order valence-corrected chi connectivity index (χ0v) is 15.5. The van der Waals surface area contributed by atoms with Crippen LogP contribution in [-0.2, 0) is 9.53 Å². The van der Waals surface area contributed by atoms with Gasteiger partial charge in [0.25, 0.3) is 5.91 Å². The Balaban J connectivity index is 1.98. The molecule has 0 radical (unpaired) electrons. The highest BCUT2D eigenvalue weighted by molar-refractivity contribution is 6.09. The highest BCUT2D eigenvalue weighted by Crippen LogP contribution is 2.42. The van der Waals surface area contributed by atoms with Crippen molar-refractivity contribution in [3.05, 3.63) is 53.8 Å². The quantitative estimate of drug-likeness (QED) is 0.642. The van der Waals surface area contributed by atoms with Crippen molar-refractivity contribution in [2.45, 2.75) is 19.8 Å². The molecule has 1 aliphatic heterocycles. The standard InChI is InChI=1S/C19H17N5O4/c1-10-14(18(25)24-8-7-20-9-24)16(15(11(2)21-10)19(26)27-3)12-5-4-6-13-17(12)23-28-22-13/h4-9,15-16H,1-3H3/t15?,16-/m1/s1. The van der Waals surface area contributed by atoms with Gasteiger partial charge in [-0.1, -0.05) is 12.1 Å². The van der Waals surface area contributed by atoms with E-state index in [0.29, 0.717) is 33.6 Å². The third-order valence-electron chi connectivity index (χ3n) is 4.90. The van der Waals surface area contributed by atoms with Crippen molar-refractivity contribution in [2.24, 2.45) is 10.9 Å². The fraction of sp³-hybridized carbons (Fsp3) is 0.263. The van der Waals surface area contributed by atoms with E-state index in [1.54, 1.807) is 38.2 Å². The van der Waals surface area contributed by atoms with E-state index < -0.39 is 17.8 Å². The van der Waals surface area contributed by atoms with Gasteiger partial charge in [0, 0.05) is 35.3 Å². The van der Waals surface area contributed by atoms with Crippen LogP contribution in [0.15, 0.2) is 57.8 Å². The highest BCUT2D eigenvalue weighted by Gasteiger charge is 2.43. The molecule has 0 saturated heterocycles. The average Bonchev–Trinajstić information content (AvgIpc) is 3.37. The van der Waals surface area contributed by atoms with Crippen LogP contribution in [0.1, 0.15) is 30.1 Å². The first kappa shape index (κ1) is 17.8. The van der Waals surface area contributed by atoms with Gasteiger partial charge in [0.2, 0.25) is 0 Å². The Bertz CT molecular complexity index is 1130. The van der Waals surface area contributed by atoms with E-state index in [1.165, 1.54) is 24.2 Å². The molecule has 9 heteroatoms. The number of fused-ring (bicyclic) bond motifs is 1. The van der Waals surface area contributed by atoms with E-state index in [4.69, 9.17) is 9.37 Å². The maximum atomic E-state index is 13.3. The number of allylic oxidation sites excluding steroid dienone is 2. The van der Waals surface area contributed by atoms with E-state index in [0.717, 1.165) is 0 Å². The Morgan fingerprint density at radius 3 is 2.75 bits per heavy atom. The summed E-state index contributed by atoms with van der Waals surface area (Å²) < 4.78 is 11.3. The Hall–Kier alpha value is -3.62. The molecule has 0 spiro atoms. The third-order valence-corrected chi connectivity index (χ3v) is 4.90. The molecule has 3 aromatic rings. The number of nitrogens with zero attached hydrogens (tertiary/aromatic N) is 5. The van der Waals surface area contributed by atoms with Gasteiger partial charge in [-0.15, -0.1) is 0 Å². The number of aliphatic imine (C=N–C) groups is 1. The van der Waals surface area contributed by atoms with Gasteiger partial charge in [-0.25, -0.2) is 9.61 Å². The number of hydrogen-bond acceptors (Lipinski definition) is 8. The number of methoxy groups -OCH3 is 1. The predicted octanol–water partition coefficient (Wildman–Crippen LogP) is 2.38. The summed E-state index contributed by atoms with van der Waals surface area (Å²) in [6.45, 7) is 3.49. The monoisotopic (exact) mass is 379 g/mol. The van der Waals surface area contributed by atoms with Gasteiger partial charge in [0.15, 0.2) is 0 Å². The number of hydrogen-bond donors (Lipinski definition) is 0. The van der Waals surface area contributed by atoms with Gasteiger partial charge in [0.05, 0.1) is 7.11 Å². The van der Waals surface area contributed by atoms with Crippen LogP contribution in [0.25, 0.3) is 11.0 Å². The van der Waals surface area contributed by atoms with Gasteiger partial charge < -0.3 is 4.74 Å². The second-order valence-electron chi connectivity index (χ2n) is 6.49. The van der Waals surface area contributed by atoms with Crippen LogP contribution in [0.2, 0.25) is 0 Å². The zero-order valence-electron chi connectivity index (χ0n) is 15.5. The molecule has 2 aromatic heterocycles. The van der Waals surface area contributed by atoms with Crippen molar-refractivity contribution < 1.29 is 19.0 Å². The molecule has 28 heavy (non-hydrogen) atoms. The van der Waals surface area contributed by atoms with Crippen molar-refractivity contribution in [3.63, 3.8) is 0 Å². The zero-order chi connectivity index (χ0) is 19.8. The average molecular weight is 379 g/mol. The number of imidazole rings is 1. The molecule has 0 amide bonds. The molecule has 0 aliphatic carbocycles. The number of ether oxygens (including phenoxy) is 1. The summed E-state index contributed by atoms with van der Waals surface area (Å²) >= 11 is 0. The minimum atomic E-state index is -0.779. The summed E-state index contributed by atoms with van der Waals surface area (Å²) in [4.78, 5) is 34.4. The second kappa shape index (κ2) is 6.84. The van der Waals surface area contributed by atoms with Crippen LogP contribution in [0.4, 0.5) is 0 Å². The first-order valence-electron chi connectivity index (χ1n) is 8.60. The van der Waals surface area contributed by atoms with Gasteiger partial charge in [-0.3, -0.25) is 19.1 Å². The second-order valence-corrected chi connectivity index (χ2v) is 6.49. The molecule has 0 fully saturated rings. The Kier molecular flexibility index (Phi) is 4.34. The van der Waals surface area contributed by atoms with Gasteiger partial charge >= 0.3 is 5.97 Å². The lowest BCUT2D eigenvalue weighted by molar-refractivity contribution is -0.143. The molecule has 0 bridgehead atoms. The number of carbonyl (C=O) groups is 2. The summed E-state index contributed by atoms with van der Waals surface area (Å²) in [5, 5.41) is 7.86. The van der Waals surface area contributed by atoms with Crippen LogP contribution >= 0.6 is 0 Å². The maximum Gasteiger partial charge on any atom is 0.315 e. The molecule has 0 N–H and O–H groups in total. The van der Waals surface area contributed by atoms with Crippen molar-refractivity contribution in [1.82, 2.24) is 19.9 Å². The molecule has 1 aliphatic rings. The number of aromatic nitrogens is 4. The van der Waals surface area contributed by atoms with E-state index in [1.807, 2.05) is 0 Å². The summed E-state index contributed by atoms with van der Waals surface area (Å²) in [5.74, 6) is -2.24. The Morgan fingerprint density at radius 2 is 2.04 bits per heavy atom. The topological polar surface area (TPSA) is 112 Å². The normalized spacial score (nSPS) is 19.6. The lowest BCUT2D eigenvalue weighted by atomic mass is 9.75. The van der Waals surface area contributed by atoms with Crippen LogP contribution in [0.5, 0.6) is 0 Å². The van der Waals surface area contributed by atoms with Crippen molar-refractivity contribution in [2.75, 3.05) is 7.11 Å². The first-order valence-corrected chi connectivity index (χ1v) is 8.60. The van der Waals surface area contributed by atoms with Crippen molar-refractivity contribution >= 4 is 28.6 Å². The summed E-state index contributed by atoms with van der Waals surface area (Å²) in [5.41, 5.74) is 3.12. The Morgan fingerprint density at radius 1 is 1.21 bits per heavy atom. The molecule has 4 rings (SSSR count). The largest absolute Gasteiger partial charge is 0.468 e. The molecule has 2 atom stereocenters. The van der Waals surface area contributed by atoms with Crippen LogP contribution in [0, 0.1) is 5.92 Å². The summed E-state index contributed by atoms with van der Waals surface area (Å²) in [7, 11) is 1.31. The summed E-state index contributed by atoms with van der Waals surface area (Å²) in [6.07, 6.45) is 4.48. The Labute approximate surface area is 159 Å². The third kappa shape index (κ3) is 2.72. The van der Waals surface area contributed by atoms with Gasteiger partial charge in [0.1, 0.15) is 23.3 Å². The summed E-state index contributed by atoms with van der Waals surface area (Å²) in [6, 6.07) is 5.34. The fourth-order valence-corrected chi connectivity index (χ4v) is 3.68. The van der Waals surface area contributed by atoms with Crippen LogP contribution in [0.3, 0.4) is 0 Å². The fourth-order valence-electron chi connectivity index (χ4n) is 3.68. The maximum absolute atomic E-state index is 13.3. The molecule has 9 nitrogen and oxygen atoms in total. The number of rotatable bonds is 3. The number of carbonyl (C=O) groups excluding carboxylic acids is 2. The molecule has 1 unspecified atom stereocenters. The smallest absolute Gasteiger partial charge is 0.315 e. The minimum absolute atomic E-state index is 0.321. The van der Waals surface area contributed by atoms with Crippen LogP contribution < -0.4 is 0 Å². The lowest BCUT2D eigenvalue weighted by Gasteiger charge is -2.31. The SMILES string of the molecule is COC(=O)C1C(C)=NC(C)=C(C(=O)n2ccnc2)[C@H]1c1cccc2nonc12. The highest BCUT2D eigenvalue weighted by atomic mass is 16.6. The molecule has 1 aromatic carbocycles. The van der Waals surface area contributed by atoms with E-state index in [2.05, 4.69) is 20.3 Å². The number of benzene rings is 1. The number of esters is 1. The van der Waals surface area contributed by atoms with Crippen molar-refractivity contribution in [1.29, 1.82) is 0 Å².